The van der Waals surface area contributed by atoms with Crippen LogP contribution < -0.4 is 5.73 Å². The molecule has 1 unspecified atom stereocenters. The Balaban J connectivity index is 2.09. The van der Waals surface area contributed by atoms with Gasteiger partial charge >= 0.3 is 6.18 Å². The summed E-state index contributed by atoms with van der Waals surface area (Å²) in [6.45, 7) is 1.92. The molecule has 7 heteroatoms. The molecule has 1 atom stereocenters. The molecule has 124 valence electrons. The van der Waals surface area contributed by atoms with Gasteiger partial charge in [0.2, 0.25) is 5.88 Å². The van der Waals surface area contributed by atoms with Crippen LogP contribution in [0.4, 0.5) is 19.1 Å². The summed E-state index contributed by atoms with van der Waals surface area (Å²) in [6, 6.07) is 3.79. The third-order valence-electron chi connectivity index (χ3n) is 3.99. The summed E-state index contributed by atoms with van der Waals surface area (Å²) in [7, 11) is 0. The van der Waals surface area contributed by atoms with Crippen LogP contribution in [-0.2, 0) is 10.9 Å². The fraction of sp³-hybridized carbons (Fsp3) is 0.375. The summed E-state index contributed by atoms with van der Waals surface area (Å²) in [5.74, 6) is -0.208. The average Bonchev–Trinajstić information content (AvgIpc) is 3.07. The van der Waals surface area contributed by atoms with Crippen molar-refractivity contribution >= 4 is 5.88 Å². The highest BCUT2D eigenvalue weighted by molar-refractivity contribution is 5.81. The van der Waals surface area contributed by atoms with Crippen molar-refractivity contribution in [2.24, 2.45) is 0 Å². The van der Waals surface area contributed by atoms with Crippen LogP contribution in [0.25, 0.3) is 11.1 Å². The highest BCUT2D eigenvalue weighted by atomic mass is 19.4. The molecule has 0 saturated carbocycles. The quantitative estimate of drug-likeness (QED) is 0.857. The second-order valence-corrected chi connectivity index (χ2v) is 5.58. The van der Waals surface area contributed by atoms with Crippen LogP contribution in [0.3, 0.4) is 0 Å². The maximum atomic E-state index is 13.1. The van der Waals surface area contributed by atoms with E-state index in [2.05, 4.69) is 0 Å². The third-order valence-corrected chi connectivity index (χ3v) is 3.99. The van der Waals surface area contributed by atoms with E-state index in [1.165, 1.54) is 19.1 Å². The van der Waals surface area contributed by atoms with Gasteiger partial charge in [-0.25, -0.2) is 0 Å². The topological polar surface area (TPSA) is 68.6 Å². The maximum Gasteiger partial charge on any atom is 0.416 e. The molecule has 1 fully saturated rings. The first-order chi connectivity index (χ1) is 10.8. The number of furan rings is 1. The molecule has 2 aromatic rings. The molecule has 1 aromatic carbocycles. The normalized spacial score (nSPS) is 18.5. The van der Waals surface area contributed by atoms with Gasteiger partial charge in [0.15, 0.2) is 11.5 Å². The number of hydrogen-bond acceptors (Lipinski definition) is 4. The Morgan fingerprint density at radius 3 is 2.65 bits per heavy atom. The number of benzene rings is 1. The van der Waals surface area contributed by atoms with Crippen LogP contribution in [0.1, 0.15) is 35.8 Å². The molecule has 1 aliphatic heterocycles. The zero-order chi connectivity index (χ0) is 16.8. The molecule has 1 aromatic heterocycles. The summed E-state index contributed by atoms with van der Waals surface area (Å²) in [5.41, 5.74) is 5.33. The van der Waals surface area contributed by atoms with Gasteiger partial charge in [-0.15, -0.1) is 0 Å². The first-order valence-electron chi connectivity index (χ1n) is 7.20. The predicted octanol–water partition coefficient (Wildman–Crippen LogP) is 4.41. The lowest BCUT2D eigenvalue weighted by molar-refractivity contribution is -0.138. The molecular weight excluding hydrogens is 311 g/mol. The molecule has 23 heavy (non-hydrogen) atoms. The minimum atomic E-state index is -4.48. The average molecular weight is 327 g/mol. The number of aromatic hydroxyl groups is 1. The minimum Gasteiger partial charge on any atom is -0.504 e. The van der Waals surface area contributed by atoms with E-state index in [4.69, 9.17) is 14.9 Å². The van der Waals surface area contributed by atoms with Gasteiger partial charge in [0.25, 0.3) is 0 Å². The van der Waals surface area contributed by atoms with Crippen molar-refractivity contribution in [2.75, 3.05) is 12.3 Å². The van der Waals surface area contributed by atoms with Crippen molar-refractivity contribution in [1.82, 2.24) is 0 Å². The molecule has 1 aliphatic rings. The van der Waals surface area contributed by atoms with Crippen molar-refractivity contribution in [1.29, 1.82) is 0 Å². The van der Waals surface area contributed by atoms with E-state index in [9.17, 15) is 18.3 Å². The Bertz CT molecular complexity index is 731. The first kappa shape index (κ1) is 15.7. The van der Waals surface area contributed by atoms with Gasteiger partial charge in [-0.2, -0.15) is 13.2 Å². The molecular formula is C16H16F3NO3. The number of alkyl halides is 3. The fourth-order valence-corrected chi connectivity index (χ4v) is 2.82. The van der Waals surface area contributed by atoms with Crippen LogP contribution in [0.5, 0.6) is 5.75 Å². The van der Waals surface area contributed by atoms with Crippen molar-refractivity contribution < 1.29 is 27.4 Å². The van der Waals surface area contributed by atoms with E-state index >= 15 is 0 Å². The Morgan fingerprint density at radius 1 is 1.30 bits per heavy atom. The number of ether oxygens (including phenoxy) is 1. The Labute approximate surface area is 130 Å². The van der Waals surface area contributed by atoms with Crippen molar-refractivity contribution in [3.05, 3.63) is 35.1 Å². The van der Waals surface area contributed by atoms with Crippen LogP contribution >= 0.6 is 0 Å². The van der Waals surface area contributed by atoms with Crippen LogP contribution in [0.15, 0.2) is 22.6 Å². The number of nitrogens with two attached hydrogens (primary N) is 1. The largest absolute Gasteiger partial charge is 0.504 e. The highest BCUT2D eigenvalue weighted by Crippen LogP contribution is 2.46. The molecule has 0 spiro atoms. The summed E-state index contributed by atoms with van der Waals surface area (Å²) < 4.78 is 50.0. The molecule has 2 heterocycles. The molecule has 3 N–H and O–H groups in total. The number of rotatable bonds is 2. The Hall–Kier alpha value is -2.15. The number of hydrogen-bond donors (Lipinski definition) is 2. The summed E-state index contributed by atoms with van der Waals surface area (Å²) in [5, 5.41) is 10.4. The lowest BCUT2D eigenvalue weighted by atomic mass is 9.99. The SMILES string of the molecule is Cc1ccc(-c2c(N)oc(C3CCCO3)c2O)cc1C(F)(F)F. The number of halogens is 3. The first-order valence-corrected chi connectivity index (χ1v) is 7.20. The molecule has 0 radical (unpaired) electrons. The zero-order valence-corrected chi connectivity index (χ0v) is 12.4. The lowest BCUT2D eigenvalue weighted by Gasteiger charge is -2.12. The van der Waals surface area contributed by atoms with Gasteiger partial charge in [0, 0.05) is 6.61 Å². The molecule has 0 bridgehead atoms. The van der Waals surface area contributed by atoms with E-state index < -0.39 is 17.8 Å². The number of anilines is 1. The van der Waals surface area contributed by atoms with E-state index in [0.29, 0.717) is 13.0 Å². The Kier molecular flexibility index (Phi) is 3.75. The summed E-state index contributed by atoms with van der Waals surface area (Å²) in [6.07, 6.45) is -3.41. The summed E-state index contributed by atoms with van der Waals surface area (Å²) >= 11 is 0. The van der Waals surface area contributed by atoms with Crippen molar-refractivity contribution in [3.8, 4) is 16.9 Å². The zero-order valence-electron chi connectivity index (χ0n) is 12.4. The lowest BCUT2D eigenvalue weighted by Crippen LogP contribution is -2.07. The molecule has 0 aliphatic carbocycles. The summed E-state index contributed by atoms with van der Waals surface area (Å²) in [4.78, 5) is 0. The van der Waals surface area contributed by atoms with Crippen molar-refractivity contribution in [3.63, 3.8) is 0 Å². The molecule has 1 saturated heterocycles. The van der Waals surface area contributed by atoms with E-state index in [0.717, 1.165) is 12.5 Å². The number of aryl methyl sites for hydroxylation is 1. The predicted molar refractivity (Wildman–Crippen MR) is 77.9 cm³/mol. The standard InChI is InChI=1S/C16H16F3NO3/c1-8-4-5-9(7-10(8)16(17,18)19)12-13(21)14(23-15(12)20)11-3-2-6-22-11/h4-5,7,11,21H,2-3,6,20H2,1H3. The van der Waals surface area contributed by atoms with Gasteiger partial charge in [0.1, 0.15) is 6.10 Å². The Morgan fingerprint density at radius 2 is 2.04 bits per heavy atom. The molecule has 4 nitrogen and oxygen atoms in total. The van der Waals surface area contributed by atoms with E-state index in [-0.39, 0.29) is 34.1 Å². The monoisotopic (exact) mass is 327 g/mol. The smallest absolute Gasteiger partial charge is 0.416 e. The van der Waals surface area contributed by atoms with Gasteiger partial charge in [-0.3, -0.25) is 0 Å². The highest BCUT2D eigenvalue weighted by Gasteiger charge is 2.34. The van der Waals surface area contributed by atoms with Gasteiger partial charge in [-0.1, -0.05) is 12.1 Å². The van der Waals surface area contributed by atoms with E-state index in [1.54, 1.807) is 0 Å². The van der Waals surface area contributed by atoms with Gasteiger partial charge in [-0.05, 0) is 37.0 Å². The third kappa shape index (κ3) is 2.76. The van der Waals surface area contributed by atoms with Crippen LogP contribution in [0, 0.1) is 6.92 Å². The van der Waals surface area contributed by atoms with Gasteiger partial charge in [0.05, 0.1) is 11.1 Å². The van der Waals surface area contributed by atoms with Crippen LogP contribution in [-0.4, -0.2) is 11.7 Å². The van der Waals surface area contributed by atoms with Crippen LogP contribution in [0.2, 0.25) is 0 Å². The van der Waals surface area contributed by atoms with E-state index in [1.807, 2.05) is 0 Å². The second kappa shape index (κ2) is 5.49. The second-order valence-electron chi connectivity index (χ2n) is 5.58. The van der Waals surface area contributed by atoms with Crippen molar-refractivity contribution in [2.45, 2.75) is 32.0 Å². The molecule has 3 rings (SSSR count). The maximum absolute atomic E-state index is 13.1. The minimum absolute atomic E-state index is 0.0704. The number of nitrogen functional groups attached to an aromatic ring is 1. The molecule has 0 amide bonds. The fourth-order valence-electron chi connectivity index (χ4n) is 2.82. The van der Waals surface area contributed by atoms with Gasteiger partial charge < -0.3 is 20.0 Å².